The molecule has 0 fully saturated rings. The Morgan fingerprint density at radius 1 is 1.57 bits per heavy atom. The maximum absolute atomic E-state index is 11.2. The first-order valence-corrected chi connectivity index (χ1v) is 4.68. The zero-order valence-electron chi connectivity index (χ0n) is 8.73. The lowest BCUT2D eigenvalue weighted by molar-refractivity contribution is -0.128. The summed E-state index contributed by atoms with van der Waals surface area (Å²) in [4.78, 5) is 11.2. The van der Waals surface area contributed by atoms with Gasteiger partial charge >= 0.3 is 0 Å². The molecule has 14 heavy (non-hydrogen) atoms. The van der Waals surface area contributed by atoms with Gasteiger partial charge in [0, 0.05) is 7.05 Å². The lowest BCUT2D eigenvalue weighted by Crippen LogP contribution is -2.55. The van der Waals surface area contributed by atoms with Gasteiger partial charge in [0.05, 0.1) is 12.8 Å². The first-order valence-electron chi connectivity index (χ1n) is 4.68. The van der Waals surface area contributed by atoms with Crippen LogP contribution in [-0.2, 0) is 4.79 Å². The molecule has 0 rings (SSSR count). The number of hydrazine groups is 1. The molecule has 0 aliphatic rings. The van der Waals surface area contributed by atoms with Crippen LogP contribution < -0.4 is 16.9 Å². The fourth-order valence-electron chi connectivity index (χ4n) is 0.912. The summed E-state index contributed by atoms with van der Waals surface area (Å²) >= 11 is 0. The van der Waals surface area contributed by atoms with E-state index >= 15 is 0 Å². The van der Waals surface area contributed by atoms with E-state index in [0.29, 0.717) is 0 Å². The Morgan fingerprint density at radius 3 is 2.57 bits per heavy atom. The highest BCUT2D eigenvalue weighted by atomic mass is 16.3. The van der Waals surface area contributed by atoms with E-state index in [9.17, 15) is 4.79 Å². The van der Waals surface area contributed by atoms with Crippen molar-refractivity contribution in [2.75, 3.05) is 13.7 Å². The third kappa shape index (κ3) is 4.52. The van der Waals surface area contributed by atoms with Crippen LogP contribution >= 0.6 is 0 Å². The van der Waals surface area contributed by atoms with E-state index in [1.807, 2.05) is 6.92 Å². The molecule has 0 heterocycles. The number of nitrogens with one attached hydrogen (secondary N) is 1. The largest absolute Gasteiger partial charge is 0.394 e. The van der Waals surface area contributed by atoms with Crippen molar-refractivity contribution in [2.45, 2.75) is 32.0 Å². The SMILES string of the molecule is CCCC(N)N(C)NC(=O)C(N)CO. The molecule has 0 saturated heterocycles. The molecule has 0 spiro atoms. The van der Waals surface area contributed by atoms with E-state index in [1.54, 1.807) is 7.05 Å². The van der Waals surface area contributed by atoms with Crippen molar-refractivity contribution in [3.8, 4) is 0 Å². The van der Waals surface area contributed by atoms with Gasteiger partial charge in [-0.25, -0.2) is 5.01 Å². The molecule has 6 nitrogen and oxygen atoms in total. The average Bonchev–Trinajstić information content (AvgIpc) is 2.16. The van der Waals surface area contributed by atoms with E-state index in [-0.39, 0.29) is 12.8 Å². The van der Waals surface area contributed by atoms with E-state index < -0.39 is 11.9 Å². The van der Waals surface area contributed by atoms with Gasteiger partial charge in [-0.15, -0.1) is 0 Å². The van der Waals surface area contributed by atoms with E-state index in [2.05, 4.69) is 5.43 Å². The molecule has 6 N–H and O–H groups in total. The number of hydrogen-bond donors (Lipinski definition) is 4. The highest BCUT2D eigenvalue weighted by Gasteiger charge is 2.16. The Balaban J connectivity index is 3.92. The summed E-state index contributed by atoms with van der Waals surface area (Å²) in [6, 6.07) is -0.897. The van der Waals surface area contributed by atoms with Gasteiger partial charge in [-0.2, -0.15) is 0 Å². The maximum atomic E-state index is 11.2. The number of nitrogens with two attached hydrogens (primary N) is 2. The van der Waals surface area contributed by atoms with Gasteiger partial charge in [-0.3, -0.25) is 10.2 Å². The molecule has 0 saturated carbocycles. The topological polar surface area (TPSA) is 105 Å². The minimum Gasteiger partial charge on any atom is -0.394 e. The molecule has 0 aliphatic heterocycles. The lowest BCUT2D eigenvalue weighted by atomic mass is 10.3. The van der Waals surface area contributed by atoms with Gasteiger partial charge in [0.1, 0.15) is 6.04 Å². The molecule has 0 radical (unpaired) electrons. The number of amides is 1. The minimum atomic E-state index is -0.897. The van der Waals surface area contributed by atoms with E-state index in [4.69, 9.17) is 16.6 Å². The Morgan fingerprint density at radius 2 is 2.14 bits per heavy atom. The summed E-state index contributed by atoms with van der Waals surface area (Å²) in [5, 5.41) is 10.1. The predicted octanol–water partition coefficient (Wildman–Crippen LogP) is -1.65. The number of rotatable bonds is 6. The summed E-state index contributed by atoms with van der Waals surface area (Å²) < 4.78 is 0. The van der Waals surface area contributed by atoms with Crippen molar-refractivity contribution in [1.82, 2.24) is 10.4 Å². The second kappa shape index (κ2) is 6.72. The van der Waals surface area contributed by atoms with Crippen LogP contribution in [0.5, 0.6) is 0 Å². The molecule has 2 unspecified atom stereocenters. The van der Waals surface area contributed by atoms with Gasteiger partial charge in [0.25, 0.3) is 5.91 Å². The molecule has 6 heteroatoms. The second-order valence-electron chi connectivity index (χ2n) is 3.23. The molecule has 2 atom stereocenters. The number of nitrogens with zero attached hydrogens (tertiary/aromatic N) is 1. The fraction of sp³-hybridized carbons (Fsp3) is 0.875. The van der Waals surface area contributed by atoms with Gasteiger partial charge in [-0.1, -0.05) is 13.3 Å². The van der Waals surface area contributed by atoms with Gasteiger partial charge < -0.3 is 16.6 Å². The lowest BCUT2D eigenvalue weighted by Gasteiger charge is -2.25. The Labute approximate surface area is 84.2 Å². The highest BCUT2D eigenvalue weighted by Crippen LogP contribution is 1.95. The first kappa shape index (κ1) is 13.3. The second-order valence-corrected chi connectivity index (χ2v) is 3.23. The number of aliphatic hydroxyl groups excluding tert-OH is 1. The summed E-state index contributed by atoms with van der Waals surface area (Å²) in [5.74, 6) is -0.429. The summed E-state index contributed by atoms with van der Waals surface area (Å²) in [6.07, 6.45) is 1.49. The molecular weight excluding hydrogens is 184 g/mol. The average molecular weight is 204 g/mol. The third-order valence-corrected chi connectivity index (χ3v) is 1.90. The molecule has 0 bridgehead atoms. The van der Waals surface area contributed by atoms with Crippen LogP contribution in [0.15, 0.2) is 0 Å². The molecule has 84 valence electrons. The zero-order chi connectivity index (χ0) is 11.1. The first-order chi connectivity index (χ1) is 6.52. The number of carbonyl (C=O) groups is 1. The van der Waals surface area contributed by atoms with Crippen molar-refractivity contribution in [3.05, 3.63) is 0 Å². The van der Waals surface area contributed by atoms with Crippen LogP contribution in [0.25, 0.3) is 0 Å². The standard InChI is InChI=1S/C8H20N4O2/c1-3-4-7(10)12(2)11-8(14)6(9)5-13/h6-7,13H,3-5,9-10H2,1-2H3,(H,11,14). The Hall–Kier alpha value is -0.690. The van der Waals surface area contributed by atoms with Crippen molar-refractivity contribution >= 4 is 5.91 Å². The normalized spacial score (nSPS) is 15.3. The zero-order valence-corrected chi connectivity index (χ0v) is 8.73. The minimum absolute atomic E-state index is 0.227. The monoisotopic (exact) mass is 204 g/mol. The van der Waals surface area contributed by atoms with Crippen LogP contribution in [0.3, 0.4) is 0 Å². The summed E-state index contributed by atoms with van der Waals surface area (Å²) in [5.41, 5.74) is 13.5. The quantitative estimate of drug-likeness (QED) is 0.306. The molecule has 0 aromatic heterocycles. The fourth-order valence-corrected chi connectivity index (χ4v) is 0.912. The van der Waals surface area contributed by atoms with Crippen LogP contribution in [0.2, 0.25) is 0 Å². The van der Waals surface area contributed by atoms with Crippen molar-refractivity contribution in [2.24, 2.45) is 11.5 Å². The molecule has 0 aromatic carbocycles. The molecular formula is C8H20N4O2. The predicted molar refractivity (Wildman–Crippen MR) is 53.9 cm³/mol. The van der Waals surface area contributed by atoms with Crippen molar-refractivity contribution in [3.63, 3.8) is 0 Å². The third-order valence-electron chi connectivity index (χ3n) is 1.90. The summed E-state index contributed by atoms with van der Waals surface area (Å²) in [6.45, 7) is 1.64. The van der Waals surface area contributed by atoms with Crippen LogP contribution in [0, 0.1) is 0 Å². The Bertz CT molecular complexity index is 177. The van der Waals surface area contributed by atoms with Gasteiger partial charge in [0.2, 0.25) is 0 Å². The van der Waals surface area contributed by atoms with Gasteiger partial charge in [0.15, 0.2) is 0 Å². The van der Waals surface area contributed by atoms with Crippen LogP contribution in [-0.4, -0.2) is 41.9 Å². The summed E-state index contributed by atoms with van der Waals surface area (Å²) in [7, 11) is 1.67. The maximum Gasteiger partial charge on any atom is 0.253 e. The number of carbonyl (C=O) groups excluding carboxylic acids is 1. The van der Waals surface area contributed by atoms with Crippen molar-refractivity contribution < 1.29 is 9.90 Å². The van der Waals surface area contributed by atoms with E-state index in [1.165, 1.54) is 5.01 Å². The van der Waals surface area contributed by atoms with Crippen LogP contribution in [0.1, 0.15) is 19.8 Å². The highest BCUT2D eigenvalue weighted by molar-refractivity contribution is 5.81. The van der Waals surface area contributed by atoms with Crippen molar-refractivity contribution in [1.29, 1.82) is 0 Å². The van der Waals surface area contributed by atoms with E-state index in [0.717, 1.165) is 12.8 Å². The number of aliphatic hydroxyl groups is 1. The molecule has 0 aliphatic carbocycles. The van der Waals surface area contributed by atoms with Gasteiger partial charge in [-0.05, 0) is 6.42 Å². The molecule has 1 amide bonds. The Kier molecular flexibility index (Phi) is 6.39. The smallest absolute Gasteiger partial charge is 0.253 e. The molecule has 0 aromatic rings. The van der Waals surface area contributed by atoms with Crippen LogP contribution in [0.4, 0.5) is 0 Å². The number of hydrogen-bond acceptors (Lipinski definition) is 5.